The minimum atomic E-state index is 0.534. The van der Waals surface area contributed by atoms with E-state index in [1.54, 1.807) is 0 Å². The van der Waals surface area contributed by atoms with Gasteiger partial charge in [0.25, 0.3) is 0 Å². The lowest BCUT2D eigenvalue weighted by atomic mass is 10.0. The molecule has 17 heavy (non-hydrogen) atoms. The highest BCUT2D eigenvalue weighted by molar-refractivity contribution is 7.98. The van der Waals surface area contributed by atoms with Crippen molar-refractivity contribution in [3.05, 3.63) is 29.8 Å². The topological polar surface area (TPSA) is 21.3 Å². The summed E-state index contributed by atoms with van der Waals surface area (Å²) in [6.07, 6.45) is 4.75. The van der Waals surface area contributed by atoms with Crippen LogP contribution in [0.25, 0.3) is 0 Å². The summed E-state index contributed by atoms with van der Waals surface area (Å²) in [4.78, 5) is 0. The Labute approximate surface area is 108 Å². The zero-order valence-electron chi connectivity index (χ0n) is 10.4. The third-order valence-electron chi connectivity index (χ3n) is 3.14. The SMILES string of the molecule is CSCCCCNCC1COc2ccccc21. The zero-order chi connectivity index (χ0) is 11.9. The summed E-state index contributed by atoms with van der Waals surface area (Å²) in [5.41, 5.74) is 1.36. The van der Waals surface area contributed by atoms with Gasteiger partial charge in [-0.2, -0.15) is 11.8 Å². The van der Waals surface area contributed by atoms with Crippen molar-refractivity contribution in [2.45, 2.75) is 18.8 Å². The average Bonchev–Trinajstić information content (AvgIpc) is 2.77. The van der Waals surface area contributed by atoms with E-state index in [0.717, 1.165) is 25.4 Å². The molecule has 94 valence electrons. The van der Waals surface area contributed by atoms with Crippen molar-refractivity contribution in [2.75, 3.05) is 31.7 Å². The fraction of sp³-hybridized carbons (Fsp3) is 0.571. The van der Waals surface area contributed by atoms with Gasteiger partial charge < -0.3 is 10.1 Å². The summed E-state index contributed by atoms with van der Waals surface area (Å²) in [7, 11) is 0. The Balaban J connectivity index is 1.68. The van der Waals surface area contributed by atoms with E-state index in [1.807, 2.05) is 17.8 Å². The zero-order valence-corrected chi connectivity index (χ0v) is 11.3. The summed E-state index contributed by atoms with van der Waals surface area (Å²) in [5, 5.41) is 3.54. The van der Waals surface area contributed by atoms with Crippen molar-refractivity contribution < 1.29 is 4.74 Å². The molecule has 0 saturated heterocycles. The van der Waals surface area contributed by atoms with E-state index in [1.165, 1.54) is 24.2 Å². The predicted molar refractivity (Wildman–Crippen MR) is 75.2 cm³/mol. The van der Waals surface area contributed by atoms with Gasteiger partial charge in [0.15, 0.2) is 0 Å². The molecule has 0 aromatic heterocycles. The maximum atomic E-state index is 5.66. The molecular formula is C14H21NOS. The van der Waals surface area contributed by atoms with Gasteiger partial charge >= 0.3 is 0 Å². The number of nitrogens with one attached hydrogen (secondary N) is 1. The van der Waals surface area contributed by atoms with Gasteiger partial charge in [0, 0.05) is 18.0 Å². The third kappa shape index (κ3) is 3.65. The van der Waals surface area contributed by atoms with Crippen LogP contribution in [0.1, 0.15) is 24.3 Å². The molecule has 0 bridgehead atoms. The van der Waals surface area contributed by atoms with Crippen LogP contribution in [0.4, 0.5) is 0 Å². The van der Waals surface area contributed by atoms with Crippen molar-refractivity contribution >= 4 is 11.8 Å². The van der Waals surface area contributed by atoms with Crippen LogP contribution in [0.5, 0.6) is 5.75 Å². The van der Waals surface area contributed by atoms with E-state index in [0.29, 0.717) is 5.92 Å². The van der Waals surface area contributed by atoms with Gasteiger partial charge in [0.05, 0.1) is 6.61 Å². The minimum absolute atomic E-state index is 0.534. The molecule has 1 atom stereocenters. The monoisotopic (exact) mass is 251 g/mol. The van der Waals surface area contributed by atoms with Crippen LogP contribution in [0.3, 0.4) is 0 Å². The van der Waals surface area contributed by atoms with Crippen molar-refractivity contribution in [1.29, 1.82) is 0 Å². The molecule has 1 aliphatic heterocycles. The first kappa shape index (κ1) is 12.8. The maximum Gasteiger partial charge on any atom is 0.122 e. The van der Waals surface area contributed by atoms with E-state index in [-0.39, 0.29) is 0 Å². The van der Waals surface area contributed by atoms with Crippen LogP contribution >= 0.6 is 11.8 Å². The Morgan fingerprint density at radius 2 is 2.24 bits per heavy atom. The lowest BCUT2D eigenvalue weighted by molar-refractivity contribution is 0.326. The first-order valence-corrected chi connectivity index (χ1v) is 7.72. The Hall–Kier alpha value is -0.670. The number of unbranched alkanes of at least 4 members (excludes halogenated alkanes) is 1. The number of hydrogen-bond donors (Lipinski definition) is 1. The molecule has 3 heteroatoms. The molecule has 1 aromatic rings. The Morgan fingerprint density at radius 1 is 1.35 bits per heavy atom. The predicted octanol–water partition coefficient (Wildman–Crippen LogP) is 2.90. The summed E-state index contributed by atoms with van der Waals surface area (Å²) in [5.74, 6) is 2.88. The van der Waals surface area contributed by atoms with Crippen LogP contribution in [-0.4, -0.2) is 31.7 Å². The van der Waals surface area contributed by atoms with E-state index < -0.39 is 0 Å². The number of thioether (sulfide) groups is 1. The molecule has 0 radical (unpaired) electrons. The maximum absolute atomic E-state index is 5.66. The Morgan fingerprint density at radius 3 is 3.12 bits per heavy atom. The van der Waals surface area contributed by atoms with Crippen LogP contribution < -0.4 is 10.1 Å². The summed E-state index contributed by atoms with van der Waals surface area (Å²) in [6, 6.07) is 8.38. The van der Waals surface area contributed by atoms with Crippen molar-refractivity contribution in [2.24, 2.45) is 0 Å². The summed E-state index contributed by atoms with van der Waals surface area (Å²) >= 11 is 1.93. The van der Waals surface area contributed by atoms with E-state index >= 15 is 0 Å². The normalized spacial score (nSPS) is 17.8. The van der Waals surface area contributed by atoms with Gasteiger partial charge in [-0.1, -0.05) is 18.2 Å². The second-order valence-corrected chi connectivity index (χ2v) is 5.44. The molecule has 0 spiro atoms. The van der Waals surface area contributed by atoms with E-state index in [4.69, 9.17) is 4.74 Å². The number of ether oxygens (including phenoxy) is 1. The highest BCUT2D eigenvalue weighted by Crippen LogP contribution is 2.32. The molecule has 2 nitrogen and oxygen atoms in total. The van der Waals surface area contributed by atoms with Gasteiger partial charge in [-0.15, -0.1) is 0 Å². The largest absolute Gasteiger partial charge is 0.493 e. The molecule has 1 N–H and O–H groups in total. The van der Waals surface area contributed by atoms with Gasteiger partial charge in [-0.05, 0) is 37.5 Å². The van der Waals surface area contributed by atoms with Gasteiger partial charge in [-0.25, -0.2) is 0 Å². The Bertz CT molecular complexity index is 343. The van der Waals surface area contributed by atoms with Crippen LogP contribution in [-0.2, 0) is 0 Å². The Kier molecular flexibility index (Phi) is 5.20. The van der Waals surface area contributed by atoms with Crippen molar-refractivity contribution in [3.8, 4) is 5.75 Å². The van der Waals surface area contributed by atoms with Crippen LogP contribution in [0.15, 0.2) is 24.3 Å². The highest BCUT2D eigenvalue weighted by atomic mass is 32.2. The number of fused-ring (bicyclic) bond motifs is 1. The van der Waals surface area contributed by atoms with E-state index in [9.17, 15) is 0 Å². The fourth-order valence-corrected chi connectivity index (χ4v) is 2.66. The summed E-state index contributed by atoms with van der Waals surface area (Å²) in [6.45, 7) is 2.99. The quantitative estimate of drug-likeness (QED) is 0.753. The molecule has 0 saturated carbocycles. The number of para-hydroxylation sites is 1. The minimum Gasteiger partial charge on any atom is -0.493 e. The molecule has 0 amide bonds. The molecule has 1 aliphatic rings. The fourth-order valence-electron chi connectivity index (χ4n) is 2.17. The lowest BCUT2D eigenvalue weighted by Gasteiger charge is -2.10. The van der Waals surface area contributed by atoms with Crippen molar-refractivity contribution in [3.63, 3.8) is 0 Å². The average molecular weight is 251 g/mol. The lowest BCUT2D eigenvalue weighted by Crippen LogP contribution is -2.23. The number of benzene rings is 1. The first-order valence-electron chi connectivity index (χ1n) is 6.33. The van der Waals surface area contributed by atoms with Gasteiger partial charge in [-0.3, -0.25) is 0 Å². The number of hydrogen-bond acceptors (Lipinski definition) is 3. The van der Waals surface area contributed by atoms with E-state index in [2.05, 4.69) is 29.8 Å². The molecule has 1 aromatic carbocycles. The molecule has 1 unspecified atom stereocenters. The van der Waals surface area contributed by atoms with Gasteiger partial charge in [0.2, 0.25) is 0 Å². The molecule has 0 aliphatic carbocycles. The van der Waals surface area contributed by atoms with Crippen LogP contribution in [0, 0.1) is 0 Å². The second kappa shape index (κ2) is 6.92. The van der Waals surface area contributed by atoms with Gasteiger partial charge in [0.1, 0.15) is 5.75 Å². The van der Waals surface area contributed by atoms with Crippen LogP contribution in [0.2, 0.25) is 0 Å². The molecule has 2 rings (SSSR count). The smallest absolute Gasteiger partial charge is 0.122 e. The number of rotatable bonds is 7. The molecular weight excluding hydrogens is 230 g/mol. The van der Waals surface area contributed by atoms with Crippen molar-refractivity contribution in [1.82, 2.24) is 5.32 Å². The second-order valence-electron chi connectivity index (χ2n) is 4.45. The summed E-state index contributed by atoms with van der Waals surface area (Å²) < 4.78 is 5.66. The standard InChI is InChI=1S/C14H21NOS/c1-17-9-5-4-8-15-10-12-11-16-14-7-3-2-6-13(12)14/h2-3,6-7,12,15H,4-5,8-11H2,1H3. The first-order chi connectivity index (χ1) is 8.42. The molecule has 1 heterocycles. The highest BCUT2D eigenvalue weighted by Gasteiger charge is 2.22. The molecule has 0 fully saturated rings. The third-order valence-corrected chi connectivity index (χ3v) is 3.84.